The van der Waals surface area contributed by atoms with Gasteiger partial charge in [0.15, 0.2) is 0 Å². The summed E-state index contributed by atoms with van der Waals surface area (Å²) in [5, 5.41) is 4.82. The van der Waals surface area contributed by atoms with Crippen molar-refractivity contribution in [1.82, 2.24) is 9.62 Å². The molecule has 2 heterocycles. The van der Waals surface area contributed by atoms with Crippen molar-refractivity contribution >= 4 is 27.3 Å². The predicted octanol–water partition coefficient (Wildman–Crippen LogP) is 1.43. The number of rotatable bonds is 4. The van der Waals surface area contributed by atoms with E-state index in [4.69, 9.17) is 0 Å². The molecule has 3 fully saturated rings. The molecule has 2 saturated carbocycles. The first-order valence-electron chi connectivity index (χ1n) is 7.35. The van der Waals surface area contributed by atoms with Gasteiger partial charge in [-0.05, 0) is 42.5 Å². The summed E-state index contributed by atoms with van der Waals surface area (Å²) in [5.74, 6) is 0.148. The molecule has 1 aromatic heterocycles. The normalized spacial score (nSPS) is 32.5. The highest BCUT2D eigenvalue weighted by Crippen LogP contribution is 2.59. The highest BCUT2D eigenvalue weighted by Gasteiger charge is 2.62. The summed E-state index contributed by atoms with van der Waals surface area (Å²) in [4.78, 5) is 12.1. The smallest absolute Gasteiger partial charge is 0.252 e. The van der Waals surface area contributed by atoms with Crippen LogP contribution in [0.3, 0.4) is 0 Å². The molecule has 2 atom stereocenters. The largest absolute Gasteiger partial charge is 0.353 e. The molecule has 2 aliphatic carbocycles. The van der Waals surface area contributed by atoms with Crippen LogP contribution in [-0.4, -0.2) is 37.8 Å². The van der Waals surface area contributed by atoms with Gasteiger partial charge in [-0.15, -0.1) is 11.3 Å². The third-order valence-corrected chi connectivity index (χ3v) is 8.09. The Bertz CT molecular complexity index is 666. The molecule has 4 rings (SSSR count). The molecular formula is C14H18N2O3S2. The van der Waals surface area contributed by atoms with E-state index in [0.29, 0.717) is 23.3 Å². The average molecular weight is 326 g/mol. The molecule has 1 aromatic rings. The first kappa shape index (κ1) is 13.7. The van der Waals surface area contributed by atoms with E-state index in [9.17, 15) is 13.2 Å². The number of hydrogen-bond acceptors (Lipinski definition) is 4. The number of hydrogen-bond donors (Lipinski definition) is 1. The standard InChI is InChI=1S/C14H18N2O3S2/c17-13(15-10-3-4-10)11-8-14(11)5-6-16(9-14)21(18,19)12-2-1-7-20-12/h1-2,7,10-11H,3-6,8-9H2,(H,15,17). The number of nitrogens with one attached hydrogen (secondary N) is 1. The maximum Gasteiger partial charge on any atom is 0.252 e. The number of nitrogens with zero attached hydrogens (tertiary/aromatic N) is 1. The van der Waals surface area contributed by atoms with E-state index in [1.54, 1.807) is 21.8 Å². The van der Waals surface area contributed by atoms with Gasteiger partial charge in [0.25, 0.3) is 10.0 Å². The van der Waals surface area contributed by atoms with E-state index >= 15 is 0 Å². The van der Waals surface area contributed by atoms with Crippen molar-refractivity contribution in [2.24, 2.45) is 11.3 Å². The van der Waals surface area contributed by atoms with Gasteiger partial charge in [0.05, 0.1) is 0 Å². The van der Waals surface area contributed by atoms with Crippen LogP contribution < -0.4 is 5.32 Å². The van der Waals surface area contributed by atoms with Gasteiger partial charge in [-0.1, -0.05) is 6.07 Å². The SMILES string of the molecule is O=C(NC1CC1)C1CC12CCN(S(=O)(=O)c1cccs1)C2. The molecule has 0 bridgehead atoms. The molecule has 1 amide bonds. The van der Waals surface area contributed by atoms with E-state index < -0.39 is 10.0 Å². The molecule has 0 radical (unpaired) electrons. The van der Waals surface area contributed by atoms with Crippen LogP contribution in [0.25, 0.3) is 0 Å². The molecule has 1 N–H and O–H groups in total. The van der Waals surface area contributed by atoms with Crippen LogP contribution in [0, 0.1) is 11.3 Å². The van der Waals surface area contributed by atoms with Gasteiger partial charge in [0, 0.05) is 25.0 Å². The van der Waals surface area contributed by atoms with E-state index in [2.05, 4.69) is 5.32 Å². The molecule has 3 aliphatic rings. The van der Waals surface area contributed by atoms with Crippen LogP contribution in [0.15, 0.2) is 21.7 Å². The van der Waals surface area contributed by atoms with Gasteiger partial charge < -0.3 is 5.32 Å². The van der Waals surface area contributed by atoms with Crippen molar-refractivity contribution in [3.63, 3.8) is 0 Å². The Morgan fingerprint density at radius 1 is 1.43 bits per heavy atom. The fourth-order valence-corrected chi connectivity index (χ4v) is 5.98. The summed E-state index contributed by atoms with van der Waals surface area (Å²) in [6.07, 6.45) is 3.82. The summed E-state index contributed by atoms with van der Waals surface area (Å²) >= 11 is 1.25. The third-order valence-electron chi connectivity index (χ3n) is 4.87. The minimum atomic E-state index is -3.37. The highest BCUT2D eigenvalue weighted by molar-refractivity contribution is 7.91. The van der Waals surface area contributed by atoms with Crippen molar-refractivity contribution < 1.29 is 13.2 Å². The van der Waals surface area contributed by atoms with Gasteiger partial charge in [-0.25, -0.2) is 8.42 Å². The second kappa shape index (κ2) is 4.54. The van der Waals surface area contributed by atoms with E-state index in [-0.39, 0.29) is 17.2 Å². The van der Waals surface area contributed by atoms with Crippen molar-refractivity contribution in [3.8, 4) is 0 Å². The maximum atomic E-state index is 12.5. The first-order chi connectivity index (χ1) is 10.0. The topological polar surface area (TPSA) is 66.5 Å². The minimum Gasteiger partial charge on any atom is -0.353 e. The predicted molar refractivity (Wildman–Crippen MR) is 79.4 cm³/mol. The Morgan fingerprint density at radius 3 is 2.90 bits per heavy atom. The Hall–Kier alpha value is -0.920. The second-order valence-electron chi connectivity index (χ2n) is 6.42. The summed E-state index contributed by atoms with van der Waals surface area (Å²) in [6.45, 7) is 1.03. The summed E-state index contributed by atoms with van der Waals surface area (Å²) in [6, 6.07) is 3.78. The Labute approximate surface area is 128 Å². The molecular weight excluding hydrogens is 308 g/mol. The zero-order valence-electron chi connectivity index (χ0n) is 11.6. The van der Waals surface area contributed by atoms with E-state index in [1.165, 1.54) is 11.3 Å². The summed E-state index contributed by atoms with van der Waals surface area (Å²) in [7, 11) is -3.37. The fraction of sp³-hybridized carbons (Fsp3) is 0.643. The van der Waals surface area contributed by atoms with Gasteiger partial charge in [0.1, 0.15) is 4.21 Å². The number of carbonyl (C=O) groups excluding carboxylic acids is 1. The Kier molecular flexibility index (Phi) is 2.96. The lowest BCUT2D eigenvalue weighted by atomic mass is 10.0. The van der Waals surface area contributed by atoms with Crippen LogP contribution in [0.4, 0.5) is 0 Å². The van der Waals surface area contributed by atoms with Crippen molar-refractivity contribution in [2.45, 2.75) is 35.9 Å². The molecule has 114 valence electrons. The molecule has 2 unspecified atom stereocenters. The third kappa shape index (κ3) is 2.31. The van der Waals surface area contributed by atoms with Gasteiger partial charge >= 0.3 is 0 Å². The van der Waals surface area contributed by atoms with Crippen LogP contribution in [0.2, 0.25) is 0 Å². The lowest BCUT2D eigenvalue weighted by Crippen LogP contribution is -2.31. The van der Waals surface area contributed by atoms with Gasteiger partial charge in [-0.2, -0.15) is 4.31 Å². The van der Waals surface area contributed by atoms with Crippen LogP contribution in [0.5, 0.6) is 0 Å². The molecule has 1 aliphatic heterocycles. The van der Waals surface area contributed by atoms with Gasteiger partial charge in [-0.3, -0.25) is 4.79 Å². The Balaban J connectivity index is 1.45. The molecule has 7 heteroatoms. The van der Waals surface area contributed by atoms with Crippen LogP contribution in [0.1, 0.15) is 25.7 Å². The zero-order chi connectivity index (χ0) is 14.7. The zero-order valence-corrected chi connectivity index (χ0v) is 13.3. The summed E-state index contributed by atoms with van der Waals surface area (Å²) in [5.41, 5.74) is -0.0939. The van der Waals surface area contributed by atoms with E-state index in [1.807, 2.05) is 0 Å². The lowest BCUT2D eigenvalue weighted by molar-refractivity contribution is -0.123. The highest BCUT2D eigenvalue weighted by atomic mass is 32.2. The lowest BCUT2D eigenvalue weighted by Gasteiger charge is -2.15. The average Bonchev–Trinajstić information content (AvgIpc) is 3.22. The van der Waals surface area contributed by atoms with Crippen molar-refractivity contribution in [3.05, 3.63) is 17.5 Å². The first-order valence-corrected chi connectivity index (χ1v) is 9.67. The quantitative estimate of drug-likeness (QED) is 0.910. The maximum absolute atomic E-state index is 12.5. The van der Waals surface area contributed by atoms with Gasteiger partial charge in [0.2, 0.25) is 5.91 Å². The molecule has 1 spiro atoms. The molecule has 5 nitrogen and oxygen atoms in total. The molecule has 1 saturated heterocycles. The number of sulfonamides is 1. The number of amides is 1. The Morgan fingerprint density at radius 2 is 2.24 bits per heavy atom. The molecule has 21 heavy (non-hydrogen) atoms. The van der Waals surface area contributed by atoms with Crippen molar-refractivity contribution in [1.29, 1.82) is 0 Å². The fourth-order valence-electron chi connectivity index (χ4n) is 3.30. The monoisotopic (exact) mass is 326 g/mol. The minimum absolute atomic E-state index is 0.0154. The van der Waals surface area contributed by atoms with Crippen LogP contribution in [-0.2, 0) is 14.8 Å². The van der Waals surface area contributed by atoms with Crippen LogP contribution >= 0.6 is 11.3 Å². The number of thiophene rings is 1. The number of carbonyl (C=O) groups is 1. The molecule has 0 aromatic carbocycles. The second-order valence-corrected chi connectivity index (χ2v) is 9.54. The van der Waals surface area contributed by atoms with E-state index in [0.717, 1.165) is 25.7 Å². The summed E-state index contributed by atoms with van der Waals surface area (Å²) < 4.78 is 27.0. The van der Waals surface area contributed by atoms with Crippen molar-refractivity contribution in [2.75, 3.05) is 13.1 Å².